The second-order valence-corrected chi connectivity index (χ2v) is 8.97. The van der Waals surface area contributed by atoms with Gasteiger partial charge in [-0.3, -0.25) is 4.79 Å². The Labute approximate surface area is 161 Å². The maximum atomic E-state index is 12.5. The molecule has 1 unspecified atom stereocenters. The molecular weight excluding hydrogens is 441 g/mol. The van der Waals surface area contributed by atoms with Gasteiger partial charge < -0.3 is 33.8 Å². The number of sulfonamides is 1. The van der Waals surface area contributed by atoms with Crippen LogP contribution in [-0.4, -0.2) is 70.4 Å². The SMILES string of the molecule is CN1C(C(=O)NCCC[N+](C)(C)C)Cc2ccccc2S1(=O)=O.[I-]. The van der Waals surface area contributed by atoms with Crippen LogP contribution >= 0.6 is 0 Å². The minimum atomic E-state index is -3.60. The number of nitrogens with one attached hydrogen (secondary N) is 1. The zero-order chi connectivity index (χ0) is 17.3. The molecule has 1 amide bonds. The third-order valence-corrected chi connectivity index (χ3v) is 6.06. The van der Waals surface area contributed by atoms with E-state index in [2.05, 4.69) is 26.5 Å². The van der Waals surface area contributed by atoms with Crippen molar-refractivity contribution in [3.8, 4) is 0 Å². The predicted molar refractivity (Wildman–Crippen MR) is 89.4 cm³/mol. The molecule has 1 aromatic rings. The molecule has 1 aliphatic heterocycles. The van der Waals surface area contributed by atoms with Crippen molar-refractivity contribution in [3.63, 3.8) is 0 Å². The van der Waals surface area contributed by atoms with Gasteiger partial charge in [-0.15, -0.1) is 0 Å². The summed E-state index contributed by atoms with van der Waals surface area (Å²) < 4.78 is 27.1. The van der Waals surface area contributed by atoms with E-state index < -0.39 is 16.1 Å². The van der Waals surface area contributed by atoms with Gasteiger partial charge in [0.25, 0.3) is 0 Å². The molecule has 136 valence electrons. The van der Waals surface area contributed by atoms with Gasteiger partial charge in [0.15, 0.2) is 0 Å². The van der Waals surface area contributed by atoms with Gasteiger partial charge in [-0.05, 0) is 18.1 Å². The van der Waals surface area contributed by atoms with Crippen molar-refractivity contribution in [2.75, 3.05) is 41.3 Å². The first-order chi connectivity index (χ1) is 10.6. The maximum absolute atomic E-state index is 12.5. The van der Waals surface area contributed by atoms with Gasteiger partial charge in [0, 0.05) is 20.0 Å². The summed E-state index contributed by atoms with van der Waals surface area (Å²) in [5, 5.41) is 2.87. The summed E-state index contributed by atoms with van der Waals surface area (Å²) in [7, 11) is 4.17. The van der Waals surface area contributed by atoms with E-state index in [0.717, 1.165) is 17.4 Å². The molecule has 1 heterocycles. The number of likely N-dealkylation sites (N-methyl/N-ethyl adjacent to an activating group) is 1. The summed E-state index contributed by atoms with van der Waals surface area (Å²) in [6, 6.07) is 6.19. The number of amides is 1. The molecule has 2 rings (SSSR count). The first-order valence-electron chi connectivity index (χ1n) is 7.77. The van der Waals surface area contributed by atoms with Crippen LogP contribution in [0.2, 0.25) is 0 Å². The molecule has 24 heavy (non-hydrogen) atoms. The Kier molecular flexibility index (Phi) is 7.21. The van der Waals surface area contributed by atoms with Gasteiger partial charge in [0.05, 0.1) is 32.6 Å². The standard InChI is InChI=1S/C16H25N3O3S.HI/c1-18-14(16(20)17-10-7-11-19(2,3)4)12-13-8-5-6-9-15(13)23(18,21)22;/h5-6,8-9,14H,7,10-12H2,1-4H3;1H. The number of rotatable bonds is 5. The fraction of sp³-hybridized carbons (Fsp3) is 0.562. The van der Waals surface area contributed by atoms with Crippen molar-refractivity contribution in [2.24, 2.45) is 0 Å². The van der Waals surface area contributed by atoms with Crippen LogP contribution in [0.3, 0.4) is 0 Å². The second kappa shape index (κ2) is 8.11. The molecule has 0 spiro atoms. The fourth-order valence-electron chi connectivity index (χ4n) is 2.72. The fourth-order valence-corrected chi connectivity index (χ4v) is 4.27. The average Bonchev–Trinajstić information content (AvgIpc) is 2.46. The zero-order valence-corrected chi connectivity index (χ0v) is 17.6. The summed E-state index contributed by atoms with van der Waals surface area (Å²) >= 11 is 0. The minimum Gasteiger partial charge on any atom is -1.00 e. The molecule has 1 atom stereocenters. The molecule has 0 saturated carbocycles. The normalized spacial score (nSPS) is 19.9. The van der Waals surface area contributed by atoms with Crippen LogP contribution in [0.25, 0.3) is 0 Å². The van der Waals surface area contributed by atoms with E-state index in [4.69, 9.17) is 0 Å². The number of hydrogen-bond acceptors (Lipinski definition) is 3. The molecule has 0 radical (unpaired) electrons. The summed E-state index contributed by atoms with van der Waals surface area (Å²) in [4.78, 5) is 12.7. The Morgan fingerprint density at radius 2 is 1.92 bits per heavy atom. The van der Waals surface area contributed by atoms with Crippen LogP contribution < -0.4 is 29.3 Å². The highest BCUT2D eigenvalue weighted by atomic mass is 127. The number of benzene rings is 1. The monoisotopic (exact) mass is 467 g/mol. The van der Waals surface area contributed by atoms with E-state index in [-0.39, 0.29) is 29.9 Å². The summed E-state index contributed by atoms with van der Waals surface area (Å²) in [6.07, 6.45) is 1.27. The highest BCUT2D eigenvalue weighted by Crippen LogP contribution is 2.28. The molecule has 0 fully saturated rings. The molecule has 1 aliphatic rings. The van der Waals surface area contributed by atoms with Crippen LogP contribution in [0.4, 0.5) is 0 Å². The lowest BCUT2D eigenvalue weighted by atomic mass is 10.0. The molecule has 0 bridgehead atoms. The molecule has 1 N–H and O–H groups in total. The van der Waals surface area contributed by atoms with Crippen molar-refractivity contribution in [3.05, 3.63) is 29.8 Å². The number of nitrogens with zero attached hydrogens (tertiary/aromatic N) is 2. The van der Waals surface area contributed by atoms with Crippen LogP contribution in [0, 0.1) is 0 Å². The summed E-state index contributed by atoms with van der Waals surface area (Å²) in [5.74, 6) is -0.230. The molecule has 0 aliphatic carbocycles. The van der Waals surface area contributed by atoms with Gasteiger partial charge in [-0.2, -0.15) is 4.31 Å². The summed E-state index contributed by atoms with van der Waals surface area (Å²) in [5.41, 5.74) is 0.706. The molecular formula is C16H26IN3O3S. The summed E-state index contributed by atoms with van der Waals surface area (Å²) in [6.45, 7) is 1.50. The largest absolute Gasteiger partial charge is 1.00 e. The van der Waals surface area contributed by atoms with Gasteiger partial charge >= 0.3 is 0 Å². The number of fused-ring (bicyclic) bond motifs is 1. The van der Waals surface area contributed by atoms with E-state index in [0.29, 0.717) is 23.4 Å². The van der Waals surface area contributed by atoms with Gasteiger partial charge in [0.2, 0.25) is 15.9 Å². The first kappa shape index (κ1) is 21.3. The third-order valence-electron chi connectivity index (χ3n) is 4.09. The highest BCUT2D eigenvalue weighted by molar-refractivity contribution is 7.89. The van der Waals surface area contributed by atoms with E-state index in [1.807, 2.05) is 0 Å². The lowest BCUT2D eigenvalue weighted by Gasteiger charge is -2.32. The highest BCUT2D eigenvalue weighted by Gasteiger charge is 2.38. The maximum Gasteiger partial charge on any atom is 0.243 e. The number of hydrogen-bond donors (Lipinski definition) is 1. The van der Waals surface area contributed by atoms with Crippen LogP contribution in [0.15, 0.2) is 29.2 Å². The van der Waals surface area contributed by atoms with Crippen molar-refractivity contribution >= 4 is 15.9 Å². The number of quaternary nitrogens is 1. The van der Waals surface area contributed by atoms with E-state index in [9.17, 15) is 13.2 Å². The van der Waals surface area contributed by atoms with E-state index in [1.165, 1.54) is 11.4 Å². The zero-order valence-electron chi connectivity index (χ0n) is 14.6. The van der Waals surface area contributed by atoms with Crippen molar-refractivity contribution in [2.45, 2.75) is 23.8 Å². The van der Waals surface area contributed by atoms with Crippen molar-refractivity contribution in [1.82, 2.24) is 9.62 Å². The van der Waals surface area contributed by atoms with Crippen molar-refractivity contribution < 1.29 is 41.7 Å². The second-order valence-electron chi connectivity index (χ2n) is 7.01. The van der Waals surface area contributed by atoms with E-state index in [1.54, 1.807) is 24.3 Å². The Hall–Kier alpha value is -0.710. The third kappa shape index (κ3) is 4.90. The van der Waals surface area contributed by atoms with Crippen molar-refractivity contribution in [1.29, 1.82) is 0 Å². The number of carbonyl (C=O) groups excluding carboxylic acids is 1. The lowest BCUT2D eigenvalue weighted by molar-refractivity contribution is -0.870. The molecule has 0 aromatic heterocycles. The minimum absolute atomic E-state index is 0. The Morgan fingerprint density at radius 3 is 2.54 bits per heavy atom. The average molecular weight is 467 g/mol. The Bertz CT molecular complexity index is 686. The quantitative estimate of drug-likeness (QED) is 0.295. The van der Waals surface area contributed by atoms with Crippen LogP contribution in [0.1, 0.15) is 12.0 Å². The van der Waals surface area contributed by atoms with Gasteiger partial charge in [0.1, 0.15) is 6.04 Å². The number of halogens is 1. The predicted octanol–water partition coefficient (Wildman–Crippen LogP) is -2.55. The molecule has 1 aromatic carbocycles. The van der Waals surface area contributed by atoms with Gasteiger partial charge in [-0.1, -0.05) is 18.2 Å². The first-order valence-corrected chi connectivity index (χ1v) is 9.21. The molecule has 8 heteroatoms. The van der Waals surface area contributed by atoms with Gasteiger partial charge in [-0.25, -0.2) is 8.42 Å². The Balaban J connectivity index is 0.00000288. The smallest absolute Gasteiger partial charge is 0.243 e. The lowest BCUT2D eigenvalue weighted by Crippen LogP contribution is -3.00. The molecule has 0 saturated heterocycles. The van der Waals surface area contributed by atoms with E-state index >= 15 is 0 Å². The topological polar surface area (TPSA) is 66.5 Å². The van der Waals surface area contributed by atoms with Crippen LogP contribution in [-0.2, 0) is 21.2 Å². The molecule has 6 nitrogen and oxygen atoms in total. The Morgan fingerprint density at radius 1 is 1.29 bits per heavy atom. The number of carbonyl (C=O) groups is 1. The van der Waals surface area contributed by atoms with Crippen LogP contribution in [0.5, 0.6) is 0 Å².